The molecule has 6 nitrogen and oxygen atoms in total. The molecule has 0 bridgehead atoms. The molecule has 116 valence electrons. The highest BCUT2D eigenvalue weighted by molar-refractivity contribution is 5.86. The van der Waals surface area contributed by atoms with Crippen molar-refractivity contribution in [2.45, 2.75) is 27.2 Å². The maximum atomic E-state index is 11.7. The Balaban J connectivity index is 2.32. The van der Waals surface area contributed by atoms with Gasteiger partial charge < -0.3 is 21.0 Å². The number of amides is 1. The van der Waals surface area contributed by atoms with E-state index in [9.17, 15) is 4.79 Å². The zero-order chi connectivity index (χ0) is 15.9. The number of ether oxygens (including phenoxy) is 1. The number of oxime groups is 1. The second-order valence-corrected chi connectivity index (χ2v) is 5.56. The Hall–Kier alpha value is -2.24. The second-order valence-electron chi connectivity index (χ2n) is 5.56. The number of hydrogen-bond acceptors (Lipinski definition) is 4. The van der Waals surface area contributed by atoms with Crippen molar-refractivity contribution in [3.8, 4) is 5.75 Å². The molecule has 1 aromatic carbocycles. The summed E-state index contributed by atoms with van der Waals surface area (Å²) in [6, 6.07) is 7.66. The van der Waals surface area contributed by atoms with E-state index >= 15 is 0 Å². The van der Waals surface area contributed by atoms with Crippen LogP contribution < -0.4 is 15.8 Å². The van der Waals surface area contributed by atoms with Crippen molar-refractivity contribution in [1.29, 1.82) is 0 Å². The van der Waals surface area contributed by atoms with Crippen molar-refractivity contribution in [2.24, 2.45) is 16.3 Å². The Kier molecular flexibility index (Phi) is 6.02. The van der Waals surface area contributed by atoms with E-state index in [1.165, 1.54) is 0 Å². The number of benzene rings is 1. The lowest BCUT2D eigenvalue weighted by atomic mass is 9.92. The van der Waals surface area contributed by atoms with Gasteiger partial charge in [0, 0.05) is 12.0 Å². The number of hydrogen-bond donors (Lipinski definition) is 3. The molecule has 0 aliphatic heterocycles. The molecular weight excluding hydrogens is 270 g/mol. The topological polar surface area (TPSA) is 96.9 Å². The van der Waals surface area contributed by atoms with Gasteiger partial charge in [0.2, 0.25) is 5.91 Å². The van der Waals surface area contributed by atoms with E-state index in [2.05, 4.69) is 10.5 Å². The second kappa shape index (κ2) is 7.52. The van der Waals surface area contributed by atoms with Crippen molar-refractivity contribution >= 4 is 11.7 Å². The molecule has 0 unspecified atom stereocenters. The molecule has 0 spiro atoms. The van der Waals surface area contributed by atoms with E-state index in [0.717, 1.165) is 11.3 Å². The normalized spacial score (nSPS) is 12.0. The maximum absolute atomic E-state index is 11.7. The van der Waals surface area contributed by atoms with Crippen LogP contribution in [0.1, 0.15) is 25.8 Å². The number of carbonyl (C=O) groups excluding carboxylic acids is 1. The van der Waals surface area contributed by atoms with E-state index in [1.807, 2.05) is 31.2 Å². The molecule has 0 atom stereocenters. The molecule has 0 saturated heterocycles. The molecule has 21 heavy (non-hydrogen) atoms. The predicted molar refractivity (Wildman–Crippen MR) is 81.5 cm³/mol. The van der Waals surface area contributed by atoms with Crippen LogP contribution in [-0.4, -0.2) is 30.1 Å². The van der Waals surface area contributed by atoms with Gasteiger partial charge in [-0.2, -0.15) is 0 Å². The first-order valence-corrected chi connectivity index (χ1v) is 6.79. The lowest BCUT2D eigenvalue weighted by Crippen LogP contribution is -2.42. The number of nitrogens with zero attached hydrogens (tertiary/aromatic N) is 1. The summed E-state index contributed by atoms with van der Waals surface area (Å²) in [5.74, 6) is 0.695. The van der Waals surface area contributed by atoms with Gasteiger partial charge in [-0.05, 0) is 24.6 Å². The maximum Gasteiger partial charge on any atom is 0.223 e. The summed E-state index contributed by atoms with van der Waals surface area (Å²) in [6.45, 7) is 6.15. The van der Waals surface area contributed by atoms with Gasteiger partial charge in [-0.3, -0.25) is 4.79 Å². The van der Waals surface area contributed by atoms with E-state index in [-0.39, 0.29) is 18.2 Å². The summed E-state index contributed by atoms with van der Waals surface area (Å²) in [7, 11) is 0. The fraction of sp³-hybridized carbons (Fsp3) is 0.467. The molecular formula is C15H23N3O3. The van der Waals surface area contributed by atoms with Crippen molar-refractivity contribution in [3.05, 3.63) is 29.8 Å². The van der Waals surface area contributed by atoms with Gasteiger partial charge in [-0.1, -0.05) is 31.1 Å². The first-order chi connectivity index (χ1) is 9.85. The molecule has 1 aromatic rings. The lowest BCUT2D eigenvalue weighted by molar-refractivity contribution is -0.121. The minimum Gasteiger partial charge on any atom is -0.493 e. The van der Waals surface area contributed by atoms with Gasteiger partial charge in [-0.25, -0.2) is 0 Å². The number of carbonyl (C=O) groups is 1. The molecule has 1 amide bonds. The van der Waals surface area contributed by atoms with E-state index < -0.39 is 5.41 Å². The van der Waals surface area contributed by atoms with Gasteiger partial charge >= 0.3 is 0 Å². The highest BCUT2D eigenvalue weighted by Crippen LogP contribution is 2.14. The molecule has 0 radical (unpaired) electrons. The zero-order valence-corrected chi connectivity index (χ0v) is 12.7. The van der Waals surface area contributed by atoms with Crippen molar-refractivity contribution in [1.82, 2.24) is 5.32 Å². The summed E-state index contributed by atoms with van der Waals surface area (Å²) in [6.07, 6.45) is 0.250. The van der Waals surface area contributed by atoms with Crippen LogP contribution in [0.25, 0.3) is 0 Å². The third kappa shape index (κ3) is 5.72. The largest absolute Gasteiger partial charge is 0.493 e. The van der Waals surface area contributed by atoms with Gasteiger partial charge in [0.1, 0.15) is 11.6 Å². The fourth-order valence-electron chi connectivity index (χ4n) is 1.60. The molecule has 0 aliphatic carbocycles. The summed E-state index contributed by atoms with van der Waals surface area (Å²) < 4.78 is 5.51. The highest BCUT2D eigenvalue weighted by atomic mass is 16.5. The van der Waals surface area contributed by atoms with E-state index in [0.29, 0.717) is 13.2 Å². The molecule has 0 heterocycles. The Morgan fingerprint density at radius 3 is 2.81 bits per heavy atom. The number of rotatable bonds is 7. The van der Waals surface area contributed by atoms with Gasteiger partial charge in [0.05, 0.1) is 13.0 Å². The monoisotopic (exact) mass is 293 g/mol. The highest BCUT2D eigenvalue weighted by Gasteiger charge is 2.24. The molecule has 0 aromatic heterocycles. The predicted octanol–water partition coefficient (Wildman–Crippen LogP) is 1.65. The molecule has 0 fully saturated rings. The fourth-order valence-corrected chi connectivity index (χ4v) is 1.60. The minimum absolute atomic E-state index is 0.0822. The van der Waals surface area contributed by atoms with Crippen LogP contribution in [-0.2, 0) is 4.79 Å². The minimum atomic E-state index is -0.595. The Morgan fingerprint density at radius 1 is 1.48 bits per heavy atom. The molecule has 0 aliphatic rings. The van der Waals surface area contributed by atoms with Crippen LogP contribution in [0.15, 0.2) is 29.4 Å². The smallest absolute Gasteiger partial charge is 0.223 e. The third-order valence-corrected chi connectivity index (χ3v) is 3.12. The van der Waals surface area contributed by atoms with Gasteiger partial charge in [-0.15, -0.1) is 0 Å². The molecule has 0 saturated carbocycles. The average Bonchev–Trinajstić information content (AvgIpc) is 2.44. The zero-order valence-electron chi connectivity index (χ0n) is 12.7. The third-order valence-electron chi connectivity index (χ3n) is 3.12. The van der Waals surface area contributed by atoms with Crippen LogP contribution in [0.2, 0.25) is 0 Å². The summed E-state index contributed by atoms with van der Waals surface area (Å²) in [5.41, 5.74) is 6.06. The number of amidine groups is 1. The molecule has 1 rings (SSSR count). The van der Waals surface area contributed by atoms with Crippen LogP contribution in [0, 0.1) is 12.3 Å². The summed E-state index contributed by atoms with van der Waals surface area (Å²) in [5, 5.41) is 14.4. The SMILES string of the molecule is Cc1cccc(OCCC(=O)NCC(C)(C)/C(N)=N/O)c1. The number of nitrogens with one attached hydrogen (secondary N) is 1. The van der Waals surface area contributed by atoms with Gasteiger partial charge in [0.25, 0.3) is 0 Å². The van der Waals surface area contributed by atoms with E-state index in [4.69, 9.17) is 15.7 Å². The summed E-state index contributed by atoms with van der Waals surface area (Å²) >= 11 is 0. The first-order valence-electron chi connectivity index (χ1n) is 6.79. The van der Waals surface area contributed by atoms with E-state index in [1.54, 1.807) is 13.8 Å². The van der Waals surface area contributed by atoms with Crippen LogP contribution >= 0.6 is 0 Å². The Bertz CT molecular complexity index is 513. The van der Waals surface area contributed by atoms with Crippen molar-refractivity contribution in [3.63, 3.8) is 0 Å². The summed E-state index contributed by atoms with van der Waals surface area (Å²) in [4.78, 5) is 11.7. The number of nitrogens with two attached hydrogens (primary N) is 1. The quantitative estimate of drug-likeness (QED) is 0.308. The standard InChI is InChI=1S/C15H23N3O3/c1-11-5-4-6-12(9-11)21-8-7-13(19)17-10-15(2,3)14(16)18-20/h4-6,9,20H,7-8,10H2,1-3H3,(H2,16,18)(H,17,19). The first kappa shape index (κ1) is 16.8. The number of aryl methyl sites for hydroxylation is 1. The van der Waals surface area contributed by atoms with Crippen LogP contribution in [0.5, 0.6) is 5.75 Å². The lowest BCUT2D eigenvalue weighted by Gasteiger charge is -2.23. The molecule has 6 heteroatoms. The van der Waals surface area contributed by atoms with Crippen LogP contribution in [0.3, 0.4) is 0 Å². The molecule has 4 N–H and O–H groups in total. The average molecular weight is 293 g/mol. The Morgan fingerprint density at radius 2 is 2.19 bits per heavy atom. The van der Waals surface area contributed by atoms with Crippen molar-refractivity contribution < 1.29 is 14.7 Å². The van der Waals surface area contributed by atoms with Crippen molar-refractivity contribution in [2.75, 3.05) is 13.2 Å². The van der Waals surface area contributed by atoms with Crippen LogP contribution in [0.4, 0.5) is 0 Å². The van der Waals surface area contributed by atoms with Gasteiger partial charge in [0.15, 0.2) is 0 Å². The Labute approximate surface area is 125 Å².